The Morgan fingerprint density at radius 2 is 1.76 bits per heavy atom. The number of carbonyl (C=O) groups excluding carboxylic acids is 3. The van der Waals surface area contributed by atoms with E-state index in [4.69, 9.17) is 14.2 Å². The second kappa shape index (κ2) is 9.24. The molecule has 3 amide bonds. The number of fused-ring (bicyclic) bond motifs is 1. The fraction of sp³-hybridized carbons (Fsp3) is 0.400. The summed E-state index contributed by atoms with van der Waals surface area (Å²) in [5.41, 5.74) is 1.61. The molecule has 0 N–H and O–H groups in total. The van der Waals surface area contributed by atoms with E-state index < -0.39 is 5.92 Å². The Morgan fingerprint density at radius 3 is 2.56 bits per heavy atom. The van der Waals surface area contributed by atoms with Crippen LogP contribution in [0.5, 0.6) is 17.2 Å². The number of amides is 3. The Bertz CT molecular complexity index is 1110. The van der Waals surface area contributed by atoms with Crippen LogP contribution in [0.4, 0.5) is 5.69 Å². The Hall–Kier alpha value is -3.75. The summed E-state index contributed by atoms with van der Waals surface area (Å²) >= 11 is 0. The lowest BCUT2D eigenvalue weighted by atomic mass is 10.1. The molecule has 3 aliphatic rings. The van der Waals surface area contributed by atoms with Gasteiger partial charge < -0.3 is 28.9 Å². The molecule has 5 rings (SSSR count). The van der Waals surface area contributed by atoms with Crippen molar-refractivity contribution in [2.75, 3.05) is 51.5 Å². The Kier molecular flexibility index (Phi) is 6.00. The first-order valence-corrected chi connectivity index (χ1v) is 11.4. The standard InChI is InChI=1S/C25H27N3O6/c1-32-20-4-2-3-17(11-20)12-23(29)26-7-9-27(10-8-26)25(31)18-13-24(30)28(15-18)19-5-6-21-22(14-19)34-16-33-21/h2-6,11,14,18H,7-10,12-13,15-16H2,1H3. The van der Waals surface area contributed by atoms with Gasteiger partial charge in [-0.2, -0.15) is 0 Å². The number of ether oxygens (including phenoxy) is 3. The highest BCUT2D eigenvalue weighted by atomic mass is 16.7. The molecule has 3 aliphatic heterocycles. The topological polar surface area (TPSA) is 88.6 Å². The molecule has 0 aliphatic carbocycles. The molecule has 1 unspecified atom stereocenters. The molecule has 0 aromatic heterocycles. The van der Waals surface area contributed by atoms with Gasteiger partial charge in [-0.05, 0) is 29.8 Å². The average Bonchev–Trinajstić information content (AvgIpc) is 3.49. The molecular weight excluding hydrogens is 438 g/mol. The smallest absolute Gasteiger partial charge is 0.231 e. The summed E-state index contributed by atoms with van der Waals surface area (Å²) in [5.74, 6) is 1.52. The van der Waals surface area contributed by atoms with Gasteiger partial charge in [0.15, 0.2) is 11.5 Å². The van der Waals surface area contributed by atoms with E-state index in [-0.39, 0.29) is 30.9 Å². The molecule has 2 saturated heterocycles. The minimum absolute atomic E-state index is 0.0310. The van der Waals surface area contributed by atoms with Gasteiger partial charge in [0, 0.05) is 50.9 Å². The number of nitrogens with zero attached hydrogens (tertiary/aromatic N) is 3. The molecule has 1 atom stereocenters. The van der Waals surface area contributed by atoms with Crippen molar-refractivity contribution in [1.82, 2.24) is 9.80 Å². The molecular formula is C25H27N3O6. The molecule has 0 radical (unpaired) electrons. The lowest BCUT2D eigenvalue weighted by molar-refractivity contribution is -0.141. The molecule has 3 heterocycles. The predicted molar refractivity (Wildman–Crippen MR) is 123 cm³/mol. The third-order valence-electron chi connectivity index (χ3n) is 6.58. The zero-order valence-electron chi connectivity index (χ0n) is 19.1. The summed E-state index contributed by atoms with van der Waals surface area (Å²) in [4.78, 5) is 43.7. The van der Waals surface area contributed by atoms with Crippen LogP contribution >= 0.6 is 0 Å². The summed E-state index contributed by atoms with van der Waals surface area (Å²) in [7, 11) is 1.60. The molecule has 0 saturated carbocycles. The second-order valence-corrected chi connectivity index (χ2v) is 8.68. The minimum Gasteiger partial charge on any atom is -0.497 e. The molecule has 0 bridgehead atoms. The van der Waals surface area contributed by atoms with E-state index in [1.165, 1.54) is 0 Å². The minimum atomic E-state index is -0.392. The van der Waals surface area contributed by atoms with Crippen molar-refractivity contribution >= 4 is 23.4 Å². The van der Waals surface area contributed by atoms with E-state index in [1.54, 1.807) is 33.9 Å². The van der Waals surface area contributed by atoms with E-state index in [0.29, 0.717) is 56.3 Å². The highest BCUT2D eigenvalue weighted by Crippen LogP contribution is 2.37. The summed E-state index contributed by atoms with van der Waals surface area (Å²) in [6.07, 6.45) is 0.481. The van der Waals surface area contributed by atoms with Crippen LogP contribution < -0.4 is 19.1 Å². The Morgan fingerprint density at radius 1 is 1.00 bits per heavy atom. The summed E-state index contributed by atoms with van der Waals surface area (Å²) < 4.78 is 16.0. The normalized spacial score (nSPS) is 19.5. The van der Waals surface area contributed by atoms with Gasteiger partial charge in [0.05, 0.1) is 19.4 Å². The van der Waals surface area contributed by atoms with Crippen molar-refractivity contribution in [3.05, 3.63) is 48.0 Å². The van der Waals surface area contributed by atoms with Gasteiger partial charge in [-0.25, -0.2) is 0 Å². The van der Waals surface area contributed by atoms with Crippen molar-refractivity contribution < 1.29 is 28.6 Å². The summed E-state index contributed by atoms with van der Waals surface area (Å²) in [5, 5.41) is 0. The highest BCUT2D eigenvalue weighted by Gasteiger charge is 2.38. The van der Waals surface area contributed by atoms with E-state index in [9.17, 15) is 14.4 Å². The first kappa shape index (κ1) is 22.1. The number of methoxy groups -OCH3 is 1. The fourth-order valence-corrected chi connectivity index (χ4v) is 4.68. The highest BCUT2D eigenvalue weighted by molar-refractivity contribution is 6.00. The SMILES string of the molecule is COc1cccc(CC(=O)N2CCN(C(=O)C3CC(=O)N(c4ccc5c(c4)OCO5)C3)CC2)c1. The maximum atomic E-state index is 13.1. The van der Waals surface area contributed by atoms with Crippen LogP contribution in [-0.2, 0) is 20.8 Å². The van der Waals surface area contributed by atoms with Crippen molar-refractivity contribution in [3.63, 3.8) is 0 Å². The lowest BCUT2D eigenvalue weighted by Crippen LogP contribution is -2.52. The van der Waals surface area contributed by atoms with Crippen molar-refractivity contribution in [2.45, 2.75) is 12.8 Å². The first-order valence-electron chi connectivity index (χ1n) is 11.4. The molecule has 2 fully saturated rings. The zero-order valence-corrected chi connectivity index (χ0v) is 19.1. The number of piperazine rings is 1. The lowest BCUT2D eigenvalue weighted by Gasteiger charge is -2.36. The van der Waals surface area contributed by atoms with Crippen molar-refractivity contribution in [3.8, 4) is 17.2 Å². The Labute approximate surface area is 197 Å². The van der Waals surface area contributed by atoms with Crippen LogP contribution in [0.15, 0.2) is 42.5 Å². The predicted octanol–water partition coefficient (Wildman–Crippen LogP) is 1.69. The second-order valence-electron chi connectivity index (χ2n) is 8.68. The maximum absolute atomic E-state index is 13.1. The third-order valence-corrected chi connectivity index (χ3v) is 6.58. The first-order chi connectivity index (χ1) is 16.5. The van der Waals surface area contributed by atoms with Gasteiger partial charge in [-0.15, -0.1) is 0 Å². The monoisotopic (exact) mass is 465 g/mol. The molecule has 0 spiro atoms. The van der Waals surface area contributed by atoms with Gasteiger partial charge in [-0.3, -0.25) is 14.4 Å². The molecule has 9 nitrogen and oxygen atoms in total. The van der Waals surface area contributed by atoms with Crippen LogP contribution in [0.2, 0.25) is 0 Å². The van der Waals surface area contributed by atoms with Gasteiger partial charge in [-0.1, -0.05) is 12.1 Å². The zero-order chi connectivity index (χ0) is 23.7. The molecule has 178 valence electrons. The van der Waals surface area contributed by atoms with E-state index in [0.717, 1.165) is 11.3 Å². The van der Waals surface area contributed by atoms with Crippen LogP contribution in [0.1, 0.15) is 12.0 Å². The molecule has 2 aromatic carbocycles. The van der Waals surface area contributed by atoms with Gasteiger partial charge in [0.2, 0.25) is 24.5 Å². The van der Waals surface area contributed by atoms with Crippen molar-refractivity contribution in [2.24, 2.45) is 5.92 Å². The fourth-order valence-electron chi connectivity index (χ4n) is 4.68. The summed E-state index contributed by atoms with van der Waals surface area (Å²) in [6.45, 7) is 2.42. The van der Waals surface area contributed by atoms with Crippen LogP contribution in [0.25, 0.3) is 0 Å². The summed E-state index contributed by atoms with van der Waals surface area (Å²) in [6, 6.07) is 12.9. The van der Waals surface area contributed by atoms with E-state index >= 15 is 0 Å². The largest absolute Gasteiger partial charge is 0.497 e. The average molecular weight is 466 g/mol. The quantitative estimate of drug-likeness (QED) is 0.668. The van der Waals surface area contributed by atoms with Crippen LogP contribution in [0.3, 0.4) is 0 Å². The van der Waals surface area contributed by atoms with E-state index in [1.807, 2.05) is 30.3 Å². The van der Waals surface area contributed by atoms with Gasteiger partial charge >= 0.3 is 0 Å². The van der Waals surface area contributed by atoms with Gasteiger partial charge in [0.1, 0.15) is 5.75 Å². The number of anilines is 1. The molecule has 34 heavy (non-hydrogen) atoms. The van der Waals surface area contributed by atoms with Crippen LogP contribution in [0, 0.1) is 5.92 Å². The number of rotatable bonds is 5. The Balaban J connectivity index is 1.15. The van der Waals surface area contributed by atoms with E-state index in [2.05, 4.69) is 0 Å². The van der Waals surface area contributed by atoms with Gasteiger partial charge in [0.25, 0.3) is 0 Å². The molecule has 2 aromatic rings. The number of benzene rings is 2. The van der Waals surface area contributed by atoms with Crippen molar-refractivity contribution in [1.29, 1.82) is 0 Å². The number of hydrogen-bond acceptors (Lipinski definition) is 6. The number of carbonyl (C=O) groups is 3. The third kappa shape index (κ3) is 4.37. The number of hydrogen-bond donors (Lipinski definition) is 0. The maximum Gasteiger partial charge on any atom is 0.231 e. The van der Waals surface area contributed by atoms with Crippen LogP contribution in [-0.4, -0.2) is 74.1 Å². The molecule has 9 heteroatoms.